The first-order valence-corrected chi connectivity index (χ1v) is 15.1. The molecule has 0 bridgehead atoms. The molecule has 1 aromatic carbocycles. The van der Waals surface area contributed by atoms with E-state index in [2.05, 4.69) is 27.1 Å². The van der Waals surface area contributed by atoms with Crippen LogP contribution in [0.4, 0.5) is 36.5 Å². The van der Waals surface area contributed by atoms with Crippen LogP contribution in [0.3, 0.4) is 0 Å². The highest BCUT2D eigenvalue weighted by molar-refractivity contribution is 6.04. The summed E-state index contributed by atoms with van der Waals surface area (Å²) in [5.74, 6) is 0.122. The fourth-order valence-electron chi connectivity index (χ4n) is 4.96. The summed E-state index contributed by atoms with van der Waals surface area (Å²) in [4.78, 5) is 38.2. The zero-order valence-electron chi connectivity index (χ0n) is 26.8. The van der Waals surface area contributed by atoms with Crippen molar-refractivity contribution in [2.45, 2.75) is 86.2 Å². The van der Waals surface area contributed by atoms with Crippen LogP contribution < -0.4 is 20.9 Å². The summed E-state index contributed by atoms with van der Waals surface area (Å²) in [6, 6.07) is 4.17. The van der Waals surface area contributed by atoms with Crippen LogP contribution in [-0.4, -0.2) is 55.5 Å². The van der Waals surface area contributed by atoms with Gasteiger partial charge >= 0.3 is 12.0 Å². The Kier molecular flexibility index (Phi) is 13.3. The van der Waals surface area contributed by atoms with Crippen molar-refractivity contribution in [1.82, 2.24) is 4.98 Å². The third-order valence-corrected chi connectivity index (χ3v) is 6.91. The number of nitrogens with two attached hydrogens (primary N) is 1. The molecule has 1 aliphatic rings. The first-order valence-electron chi connectivity index (χ1n) is 15.1. The van der Waals surface area contributed by atoms with Gasteiger partial charge in [-0.15, -0.1) is 0 Å². The number of urea groups is 1. The number of aliphatic imine (C=N–C) groups is 1. The van der Waals surface area contributed by atoms with E-state index in [4.69, 9.17) is 10.5 Å². The van der Waals surface area contributed by atoms with Crippen molar-refractivity contribution in [2.75, 3.05) is 47.5 Å². The van der Waals surface area contributed by atoms with Crippen molar-refractivity contribution >= 4 is 41.1 Å². The number of nitrogens with zero attached hydrogens (tertiary/aromatic N) is 4. The molecule has 0 fully saturated rings. The van der Waals surface area contributed by atoms with E-state index in [1.807, 2.05) is 47.6 Å². The molecule has 9 nitrogen and oxygen atoms in total. The number of halogens is 2. The van der Waals surface area contributed by atoms with Crippen LogP contribution in [0.15, 0.2) is 29.4 Å². The number of benzene rings is 1. The van der Waals surface area contributed by atoms with E-state index in [0.29, 0.717) is 43.7 Å². The Labute approximate surface area is 254 Å². The number of alkyl halides is 2. The quantitative estimate of drug-likeness (QED) is 0.159. The zero-order chi connectivity index (χ0) is 32.3. The molecular weight excluding hydrogens is 554 g/mol. The van der Waals surface area contributed by atoms with Crippen molar-refractivity contribution < 1.29 is 23.1 Å². The summed E-state index contributed by atoms with van der Waals surface area (Å²) in [5, 5.41) is 2.73. The number of nitrogen functional groups attached to an aromatic ring is 1. The summed E-state index contributed by atoms with van der Waals surface area (Å²) in [7, 11) is 1.51. The summed E-state index contributed by atoms with van der Waals surface area (Å²) >= 11 is 0. The van der Waals surface area contributed by atoms with E-state index in [1.165, 1.54) is 30.3 Å². The molecule has 0 saturated carbocycles. The number of ether oxygens (including phenoxy) is 1. The Morgan fingerprint density at radius 1 is 1.23 bits per heavy atom. The Hall–Kier alpha value is -3.76. The van der Waals surface area contributed by atoms with E-state index in [9.17, 15) is 18.4 Å². The molecule has 1 unspecified atom stereocenters. The second-order valence-corrected chi connectivity index (χ2v) is 11.1. The molecule has 238 valence electrons. The molecule has 1 aromatic heterocycles. The van der Waals surface area contributed by atoms with Crippen molar-refractivity contribution in [3.8, 4) is 0 Å². The zero-order valence-corrected chi connectivity index (χ0v) is 26.8. The molecule has 3 N–H and O–H groups in total. The van der Waals surface area contributed by atoms with Gasteiger partial charge in [-0.1, -0.05) is 27.7 Å². The number of carbonyl (C=O) groups excluding carboxylic acids is 2. The van der Waals surface area contributed by atoms with Crippen molar-refractivity contribution in [3.05, 3.63) is 41.1 Å². The van der Waals surface area contributed by atoms with E-state index in [-0.39, 0.29) is 28.8 Å². The van der Waals surface area contributed by atoms with Crippen molar-refractivity contribution in [3.63, 3.8) is 0 Å². The number of hydrogen-bond acceptors (Lipinski definition) is 7. The van der Waals surface area contributed by atoms with Gasteiger partial charge in [0.15, 0.2) is 0 Å². The molecule has 1 aliphatic heterocycles. The molecule has 0 spiro atoms. The molecular formula is C32H48F2N6O3. The number of carbonyl (C=O) groups is 2. The molecule has 2 aromatic rings. The van der Waals surface area contributed by atoms with Crippen molar-refractivity contribution in [2.24, 2.45) is 10.9 Å². The minimum atomic E-state index is -2.81. The number of hydrogen-bond donors (Lipinski definition) is 2. The molecule has 3 rings (SSSR count). The molecule has 2 heterocycles. The lowest BCUT2D eigenvalue weighted by molar-refractivity contribution is -0.160. The van der Waals surface area contributed by atoms with Gasteiger partial charge in [-0.05, 0) is 64.7 Å². The monoisotopic (exact) mass is 602 g/mol. The van der Waals surface area contributed by atoms with Gasteiger partial charge in [0, 0.05) is 72.8 Å². The van der Waals surface area contributed by atoms with Gasteiger partial charge in [-0.25, -0.2) is 18.6 Å². The number of fused-ring (bicyclic) bond motifs is 1. The summed E-state index contributed by atoms with van der Waals surface area (Å²) < 4.78 is 32.8. The molecule has 43 heavy (non-hydrogen) atoms. The molecule has 0 aliphatic carbocycles. The number of esters is 1. The van der Waals surface area contributed by atoms with Crippen molar-refractivity contribution in [1.29, 1.82) is 0 Å². The van der Waals surface area contributed by atoms with Crippen LogP contribution in [-0.2, 0) is 16.0 Å². The lowest BCUT2D eigenvalue weighted by Gasteiger charge is -2.29. The standard InChI is InChI=1S/C30H42F2N6O3.C2H6/c1-7-13-37(14-10-19(8-2)28(39)41-30(3,4)5)24-9-12-35-27-22(24)11-15-38(27)29(40)36-21-16-20(18-34-6)25(33)23(17-21)26(31)32;1-2/h9,12,16-19,26H,7-8,10-11,13-15,33H2,1-6H3,(H,36,40);1-2H3. The number of rotatable bonds is 11. The summed E-state index contributed by atoms with van der Waals surface area (Å²) in [5.41, 5.74) is 7.31. The Morgan fingerprint density at radius 2 is 1.93 bits per heavy atom. The van der Waals surface area contributed by atoms with Gasteiger partial charge in [0.2, 0.25) is 0 Å². The lowest BCUT2D eigenvalue weighted by Crippen LogP contribution is -2.34. The lowest BCUT2D eigenvalue weighted by atomic mass is 10.0. The second-order valence-electron chi connectivity index (χ2n) is 11.1. The number of pyridine rings is 1. The predicted octanol–water partition coefficient (Wildman–Crippen LogP) is 7.25. The Balaban J connectivity index is 0.00000316. The van der Waals surface area contributed by atoms with E-state index < -0.39 is 18.1 Å². The van der Waals surface area contributed by atoms with Gasteiger partial charge in [-0.2, -0.15) is 0 Å². The van der Waals surface area contributed by atoms with Crippen LogP contribution >= 0.6 is 0 Å². The molecule has 2 amide bonds. The number of amides is 2. The molecule has 11 heteroatoms. The maximum Gasteiger partial charge on any atom is 0.327 e. The highest BCUT2D eigenvalue weighted by atomic mass is 19.3. The third kappa shape index (κ3) is 9.36. The van der Waals surface area contributed by atoms with Gasteiger partial charge in [0.05, 0.1) is 5.92 Å². The van der Waals surface area contributed by atoms with Crippen LogP contribution in [0.1, 0.15) is 90.8 Å². The molecule has 0 radical (unpaired) electrons. The van der Waals surface area contributed by atoms with Crippen LogP contribution in [0.25, 0.3) is 0 Å². The maximum absolute atomic E-state index is 13.6. The predicted molar refractivity (Wildman–Crippen MR) is 172 cm³/mol. The summed E-state index contributed by atoms with van der Waals surface area (Å²) in [6.07, 6.45) is 3.05. The fourth-order valence-corrected chi connectivity index (χ4v) is 4.96. The normalized spacial score (nSPS) is 13.4. The van der Waals surface area contributed by atoms with Gasteiger partial charge in [0.1, 0.15) is 11.4 Å². The third-order valence-electron chi connectivity index (χ3n) is 6.91. The first-order chi connectivity index (χ1) is 20.4. The second kappa shape index (κ2) is 16.2. The molecule has 1 atom stereocenters. The number of anilines is 4. The minimum absolute atomic E-state index is 0.0746. The maximum atomic E-state index is 13.6. The summed E-state index contributed by atoms with van der Waals surface area (Å²) in [6.45, 7) is 15.5. The van der Waals surface area contributed by atoms with Crippen LogP contribution in [0.5, 0.6) is 0 Å². The highest BCUT2D eigenvalue weighted by Gasteiger charge is 2.31. The molecule has 0 saturated heterocycles. The Morgan fingerprint density at radius 3 is 2.51 bits per heavy atom. The van der Waals surface area contributed by atoms with Gasteiger partial charge < -0.3 is 20.7 Å². The average Bonchev–Trinajstić information content (AvgIpc) is 3.39. The first kappa shape index (κ1) is 35.4. The number of nitrogens with one attached hydrogen (secondary N) is 1. The fraction of sp³-hybridized carbons (Fsp3) is 0.562. The Bertz CT molecular complexity index is 1260. The van der Waals surface area contributed by atoms with Gasteiger partial charge in [0.25, 0.3) is 6.43 Å². The van der Waals surface area contributed by atoms with E-state index in [0.717, 1.165) is 24.2 Å². The largest absolute Gasteiger partial charge is 0.460 e. The highest BCUT2D eigenvalue weighted by Crippen LogP contribution is 2.36. The topological polar surface area (TPSA) is 113 Å². The smallest absolute Gasteiger partial charge is 0.327 e. The number of aromatic nitrogens is 1. The average molecular weight is 603 g/mol. The van der Waals surface area contributed by atoms with Crippen LogP contribution in [0.2, 0.25) is 0 Å². The van der Waals surface area contributed by atoms with Gasteiger partial charge in [-0.3, -0.25) is 14.7 Å². The minimum Gasteiger partial charge on any atom is -0.460 e. The van der Waals surface area contributed by atoms with Crippen LogP contribution in [0, 0.1) is 5.92 Å². The van der Waals surface area contributed by atoms with E-state index in [1.54, 1.807) is 6.20 Å². The SMILES string of the molecule is CC.CCCN(CCC(CC)C(=O)OC(C)(C)C)c1ccnc2c1CCN2C(=O)Nc1cc(C=NC)c(N)c(C(F)F)c1. The van der Waals surface area contributed by atoms with E-state index >= 15 is 0 Å².